The summed E-state index contributed by atoms with van der Waals surface area (Å²) in [6.07, 6.45) is -3.07. The van der Waals surface area contributed by atoms with Crippen LogP contribution in [0.25, 0.3) is 5.69 Å². The van der Waals surface area contributed by atoms with Gasteiger partial charge < -0.3 is 4.57 Å². The lowest BCUT2D eigenvalue weighted by molar-refractivity contribution is -0.137. The number of hydrogen-bond donors (Lipinski definition) is 0. The lowest BCUT2D eigenvalue weighted by Gasteiger charge is -2.12. The summed E-state index contributed by atoms with van der Waals surface area (Å²) in [6, 6.07) is 1.19. The molecule has 1 aromatic heterocycles. The van der Waals surface area contributed by atoms with Crippen molar-refractivity contribution in [2.45, 2.75) is 15.1 Å². The minimum Gasteiger partial charge on any atom is -0.302 e. The zero-order valence-corrected chi connectivity index (χ0v) is 14.8. The molecule has 0 amide bonds. The molecule has 0 aliphatic carbocycles. The van der Waals surface area contributed by atoms with Gasteiger partial charge in [0.1, 0.15) is 6.33 Å². The third-order valence-electron chi connectivity index (χ3n) is 2.74. The molecule has 0 N–H and O–H groups in total. The molecule has 0 aliphatic rings. The zero-order valence-electron chi connectivity index (χ0n) is 11.0. The van der Waals surface area contributed by atoms with E-state index >= 15 is 0 Å². The number of hydrogen-bond acceptors (Lipinski definition) is 3. The molecule has 0 fully saturated rings. The molecule has 1 heterocycles. The first kappa shape index (κ1) is 19.6. The number of rotatable bonds is 3. The second-order valence-electron chi connectivity index (χ2n) is 4.35. The molecule has 0 radical (unpaired) electrons. The van der Waals surface area contributed by atoms with Crippen molar-refractivity contribution >= 4 is 56.2 Å². The van der Waals surface area contributed by atoms with Crippen LogP contribution in [0.15, 0.2) is 29.7 Å². The average Bonchev–Trinajstić information content (AvgIpc) is 2.85. The summed E-state index contributed by atoms with van der Waals surface area (Å²) in [5.74, 6) is 0. The molecule has 13 heteroatoms. The van der Waals surface area contributed by atoms with Crippen molar-refractivity contribution in [1.29, 1.82) is 0 Å². The number of benzene rings is 1. The van der Waals surface area contributed by atoms with Gasteiger partial charge in [-0.3, -0.25) is 0 Å². The summed E-state index contributed by atoms with van der Waals surface area (Å²) < 4.78 is 72.1. The molecule has 24 heavy (non-hydrogen) atoms. The summed E-state index contributed by atoms with van der Waals surface area (Å²) in [5, 5.41) is -1.72. The normalized spacial score (nSPS) is 13.3. The third kappa shape index (κ3) is 3.60. The Morgan fingerprint density at radius 1 is 1.04 bits per heavy atom. The highest BCUT2D eigenvalue weighted by molar-refractivity contribution is 7.95. The van der Waals surface area contributed by atoms with Gasteiger partial charge in [0.2, 0.25) is 0 Å². The number of nitrogens with zero attached hydrogens (tertiary/aromatic N) is 2. The number of halogens is 8. The summed E-state index contributed by atoms with van der Waals surface area (Å²) in [4.78, 5) is 3.41. The second-order valence-corrected chi connectivity index (χ2v) is 8.84. The Bertz CT molecular complexity index is 867. The van der Waals surface area contributed by atoms with E-state index in [4.69, 9.17) is 46.4 Å². The molecule has 2 rings (SSSR count). The Balaban J connectivity index is 2.57. The van der Waals surface area contributed by atoms with Crippen LogP contribution in [-0.2, 0) is 16.0 Å². The molecule has 0 unspecified atom stereocenters. The van der Waals surface area contributed by atoms with E-state index in [9.17, 15) is 26.0 Å². The molecular weight excluding hydrogens is 442 g/mol. The van der Waals surface area contributed by atoms with Crippen LogP contribution in [0.2, 0.25) is 10.0 Å². The summed E-state index contributed by atoms with van der Waals surface area (Å²) in [6.45, 7) is 0. The summed E-state index contributed by atoms with van der Waals surface area (Å²) >= 11 is 21.4. The van der Waals surface area contributed by atoms with Crippen LogP contribution in [0.3, 0.4) is 0 Å². The van der Waals surface area contributed by atoms with Crippen molar-refractivity contribution in [2.75, 3.05) is 0 Å². The van der Waals surface area contributed by atoms with Gasteiger partial charge in [-0.1, -0.05) is 23.2 Å². The molecular formula is C11H4Cl4F4N2O2S. The molecule has 132 valence electrons. The molecule has 1 aromatic carbocycles. The topological polar surface area (TPSA) is 52.0 Å². The van der Waals surface area contributed by atoms with E-state index in [1.54, 1.807) is 0 Å². The lowest BCUT2D eigenvalue weighted by atomic mass is 10.2. The van der Waals surface area contributed by atoms with Crippen molar-refractivity contribution in [1.82, 2.24) is 9.55 Å². The first-order valence-electron chi connectivity index (χ1n) is 5.67. The van der Waals surface area contributed by atoms with Gasteiger partial charge in [0, 0.05) is 6.20 Å². The van der Waals surface area contributed by atoms with Crippen molar-refractivity contribution in [3.63, 3.8) is 0 Å². The quantitative estimate of drug-likeness (QED) is 0.491. The molecule has 0 atom stereocenters. The fraction of sp³-hybridized carbons (Fsp3) is 0.182. The fourth-order valence-corrected chi connectivity index (χ4v) is 3.49. The number of aromatic nitrogens is 2. The van der Waals surface area contributed by atoms with E-state index in [0.29, 0.717) is 12.1 Å². The average molecular weight is 446 g/mol. The lowest BCUT2D eigenvalue weighted by Crippen LogP contribution is -2.21. The van der Waals surface area contributed by atoms with Gasteiger partial charge in [-0.05, 0) is 35.3 Å². The standard InChI is InChI=1S/C11H4Cl4F4N2O2S/c12-6-1-5(10(16,17)18)2-7(13)9(6)21-3-8(20-4-21)24(22,23)11(14,15)19/h1-4H. The molecule has 4 nitrogen and oxygen atoms in total. The van der Waals surface area contributed by atoms with Gasteiger partial charge in [0.15, 0.2) is 5.03 Å². The fourth-order valence-electron chi connectivity index (χ4n) is 1.66. The zero-order chi connectivity index (χ0) is 18.5. The monoisotopic (exact) mass is 444 g/mol. The minimum absolute atomic E-state index is 0.186. The van der Waals surface area contributed by atoms with Crippen molar-refractivity contribution in [3.8, 4) is 5.69 Å². The molecule has 0 saturated carbocycles. The molecule has 0 saturated heterocycles. The second kappa shape index (κ2) is 6.21. The van der Waals surface area contributed by atoms with E-state index in [2.05, 4.69) is 4.98 Å². The Labute approximate surface area is 152 Å². The van der Waals surface area contributed by atoms with Gasteiger partial charge in [-0.2, -0.15) is 17.6 Å². The first-order valence-corrected chi connectivity index (χ1v) is 8.66. The largest absolute Gasteiger partial charge is 0.416 e. The van der Waals surface area contributed by atoms with Crippen LogP contribution in [0, 0.1) is 0 Å². The molecule has 0 bridgehead atoms. The van der Waals surface area contributed by atoms with Crippen LogP contribution in [0.1, 0.15) is 5.56 Å². The van der Waals surface area contributed by atoms with Crippen LogP contribution in [0.5, 0.6) is 0 Å². The SMILES string of the molecule is O=S(=O)(c1cn(-c2c(Cl)cc(C(F)(F)F)cc2Cl)cn1)C(F)(Cl)Cl. The van der Waals surface area contributed by atoms with E-state index in [1.165, 1.54) is 0 Å². The predicted octanol–water partition coefficient (Wildman–Crippen LogP) is 5.03. The molecule has 2 aromatic rings. The maximum absolute atomic E-state index is 13.3. The van der Waals surface area contributed by atoms with Gasteiger partial charge in [0.05, 0.1) is 21.3 Å². The number of imidazole rings is 1. The Morgan fingerprint density at radius 2 is 1.54 bits per heavy atom. The van der Waals surface area contributed by atoms with E-state index < -0.39 is 40.6 Å². The first-order chi connectivity index (χ1) is 10.7. The van der Waals surface area contributed by atoms with Crippen molar-refractivity contribution in [3.05, 3.63) is 40.3 Å². The van der Waals surface area contributed by atoms with E-state index in [0.717, 1.165) is 17.1 Å². The molecule has 0 spiro atoms. The third-order valence-corrected chi connectivity index (χ3v) is 5.91. The predicted molar refractivity (Wildman–Crippen MR) is 81.3 cm³/mol. The Morgan fingerprint density at radius 3 is 1.96 bits per heavy atom. The van der Waals surface area contributed by atoms with Crippen LogP contribution >= 0.6 is 46.4 Å². The number of sulfone groups is 1. The minimum atomic E-state index is -4.85. The smallest absolute Gasteiger partial charge is 0.302 e. The van der Waals surface area contributed by atoms with Crippen molar-refractivity contribution < 1.29 is 26.0 Å². The summed E-state index contributed by atoms with van der Waals surface area (Å²) in [5.41, 5.74) is -1.28. The molecule has 0 aliphatic heterocycles. The maximum Gasteiger partial charge on any atom is 0.416 e. The van der Waals surface area contributed by atoms with Crippen LogP contribution < -0.4 is 0 Å². The van der Waals surface area contributed by atoms with Crippen molar-refractivity contribution in [2.24, 2.45) is 0 Å². The van der Waals surface area contributed by atoms with Gasteiger partial charge >= 0.3 is 10.1 Å². The Kier molecular flexibility index (Phi) is 5.06. The van der Waals surface area contributed by atoms with Crippen LogP contribution in [-0.4, -0.2) is 21.9 Å². The highest BCUT2D eigenvalue weighted by Crippen LogP contribution is 2.39. The Hall–Kier alpha value is -0.740. The van der Waals surface area contributed by atoms with Crippen LogP contribution in [0.4, 0.5) is 17.6 Å². The highest BCUT2D eigenvalue weighted by Gasteiger charge is 2.43. The van der Waals surface area contributed by atoms with Gasteiger partial charge in [-0.25, -0.2) is 13.4 Å². The summed E-state index contributed by atoms with van der Waals surface area (Å²) in [7, 11) is -4.85. The van der Waals surface area contributed by atoms with Gasteiger partial charge in [0.25, 0.3) is 9.84 Å². The number of alkyl halides is 6. The highest BCUT2D eigenvalue weighted by atomic mass is 35.5. The van der Waals surface area contributed by atoms with E-state index in [1.807, 2.05) is 0 Å². The van der Waals surface area contributed by atoms with E-state index in [-0.39, 0.29) is 5.69 Å². The van der Waals surface area contributed by atoms with Gasteiger partial charge in [-0.15, -0.1) is 0 Å². The maximum atomic E-state index is 13.3.